The Labute approximate surface area is 85.4 Å². The van der Waals surface area contributed by atoms with Crippen molar-refractivity contribution in [1.29, 1.82) is 0 Å². The van der Waals surface area contributed by atoms with Crippen molar-refractivity contribution in [3.05, 3.63) is 34.9 Å². The molecule has 78 valence electrons. The summed E-state index contributed by atoms with van der Waals surface area (Å²) < 4.78 is 5.19. The van der Waals surface area contributed by atoms with Crippen molar-refractivity contribution >= 4 is 10.9 Å². The normalized spacial score (nSPS) is 10.5. The van der Waals surface area contributed by atoms with E-state index in [0.717, 1.165) is 0 Å². The number of benzene rings is 1. The molecule has 5 heteroatoms. The smallest absolute Gasteiger partial charge is 0.258 e. The minimum Gasteiger partial charge on any atom is -0.491 e. The second-order valence-corrected chi connectivity index (χ2v) is 2.98. The van der Waals surface area contributed by atoms with Crippen molar-refractivity contribution in [1.82, 2.24) is 9.97 Å². The van der Waals surface area contributed by atoms with Crippen LogP contribution in [0.2, 0.25) is 0 Å². The van der Waals surface area contributed by atoms with Crippen LogP contribution in [0.25, 0.3) is 10.9 Å². The van der Waals surface area contributed by atoms with Crippen molar-refractivity contribution < 1.29 is 9.84 Å². The Hall–Kier alpha value is -1.88. The number of aromatic nitrogens is 2. The minimum atomic E-state index is -0.200. The Morgan fingerprint density at radius 1 is 1.47 bits per heavy atom. The molecule has 2 aromatic rings. The van der Waals surface area contributed by atoms with E-state index in [1.54, 1.807) is 18.2 Å². The zero-order valence-corrected chi connectivity index (χ0v) is 7.93. The van der Waals surface area contributed by atoms with Crippen molar-refractivity contribution in [3.63, 3.8) is 0 Å². The third kappa shape index (κ3) is 1.97. The Kier molecular flexibility index (Phi) is 2.64. The molecular weight excluding hydrogens is 196 g/mol. The number of aromatic amines is 1. The summed E-state index contributed by atoms with van der Waals surface area (Å²) in [7, 11) is 0. The van der Waals surface area contributed by atoms with E-state index < -0.39 is 0 Å². The predicted octanol–water partition coefficient (Wildman–Crippen LogP) is 0.294. The number of hydrogen-bond acceptors (Lipinski definition) is 4. The maximum atomic E-state index is 11.4. The van der Waals surface area contributed by atoms with E-state index in [0.29, 0.717) is 16.7 Å². The largest absolute Gasteiger partial charge is 0.491 e. The van der Waals surface area contributed by atoms with Gasteiger partial charge in [-0.15, -0.1) is 0 Å². The monoisotopic (exact) mass is 206 g/mol. The highest BCUT2D eigenvalue weighted by Crippen LogP contribution is 2.15. The number of nitrogens with zero attached hydrogens (tertiary/aromatic N) is 1. The molecule has 0 bridgehead atoms. The van der Waals surface area contributed by atoms with Crippen LogP contribution in [0.3, 0.4) is 0 Å². The van der Waals surface area contributed by atoms with Crippen molar-refractivity contribution in [2.45, 2.75) is 0 Å². The number of nitrogens with one attached hydrogen (secondary N) is 1. The van der Waals surface area contributed by atoms with Gasteiger partial charge in [0, 0.05) is 0 Å². The first-order chi connectivity index (χ1) is 7.31. The van der Waals surface area contributed by atoms with Gasteiger partial charge in [0.25, 0.3) is 5.56 Å². The molecule has 1 aromatic heterocycles. The quantitative estimate of drug-likeness (QED) is 0.757. The van der Waals surface area contributed by atoms with Crippen molar-refractivity contribution in [2.75, 3.05) is 13.2 Å². The first-order valence-electron chi connectivity index (χ1n) is 4.52. The lowest BCUT2D eigenvalue weighted by atomic mass is 10.2. The van der Waals surface area contributed by atoms with Gasteiger partial charge < -0.3 is 14.8 Å². The lowest BCUT2D eigenvalue weighted by molar-refractivity contribution is 0.201. The topological polar surface area (TPSA) is 75.2 Å². The average molecular weight is 206 g/mol. The number of H-pyrrole nitrogens is 1. The van der Waals surface area contributed by atoms with Crippen LogP contribution < -0.4 is 10.3 Å². The molecule has 2 N–H and O–H groups in total. The third-order valence-corrected chi connectivity index (χ3v) is 1.97. The van der Waals surface area contributed by atoms with E-state index in [9.17, 15) is 4.79 Å². The minimum absolute atomic E-state index is 0.0541. The number of hydrogen-bond donors (Lipinski definition) is 2. The molecule has 0 fully saturated rings. The van der Waals surface area contributed by atoms with Crippen LogP contribution in [0, 0.1) is 0 Å². The van der Waals surface area contributed by atoms with E-state index in [4.69, 9.17) is 9.84 Å². The van der Waals surface area contributed by atoms with Crippen molar-refractivity contribution in [2.24, 2.45) is 0 Å². The highest BCUT2D eigenvalue weighted by atomic mass is 16.5. The molecule has 0 radical (unpaired) electrons. The van der Waals surface area contributed by atoms with E-state index >= 15 is 0 Å². The average Bonchev–Trinajstić information content (AvgIpc) is 2.27. The molecule has 0 atom stereocenters. The fourth-order valence-electron chi connectivity index (χ4n) is 1.30. The van der Waals surface area contributed by atoms with Crippen LogP contribution in [-0.4, -0.2) is 28.3 Å². The van der Waals surface area contributed by atoms with E-state index in [1.807, 2.05) is 0 Å². The van der Waals surface area contributed by atoms with E-state index in [2.05, 4.69) is 9.97 Å². The molecule has 0 amide bonds. The molecule has 0 aliphatic rings. The predicted molar refractivity (Wildman–Crippen MR) is 54.9 cm³/mol. The van der Waals surface area contributed by atoms with Gasteiger partial charge in [-0.3, -0.25) is 4.79 Å². The molecule has 15 heavy (non-hydrogen) atoms. The second kappa shape index (κ2) is 4.10. The SMILES string of the molecule is O=c1[nH]cnc2ccc(OCCO)cc12. The molecule has 1 heterocycles. The molecule has 5 nitrogen and oxygen atoms in total. The highest BCUT2D eigenvalue weighted by molar-refractivity contribution is 5.78. The number of ether oxygens (including phenoxy) is 1. The van der Waals surface area contributed by atoms with Gasteiger partial charge in [0.1, 0.15) is 12.4 Å². The Balaban J connectivity index is 2.45. The van der Waals surface area contributed by atoms with Gasteiger partial charge in [-0.05, 0) is 18.2 Å². The molecule has 0 spiro atoms. The molecule has 1 aromatic carbocycles. The summed E-state index contributed by atoms with van der Waals surface area (Å²) in [5.74, 6) is 0.551. The molecule has 0 saturated heterocycles. The summed E-state index contributed by atoms with van der Waals surface area (Å²) in [5, 5.41) is 9.07. The molecule has 0 aliphatic carbocycles. The summed E-state index contributed by atoms with van der Waals surface area (Å²) in [6.45, 7) is 0.158. The zero-order chi connectivity index (χ0) is 10.7. The number of aliphatic hydroxyl groups is 1. The summed E-state index contributed by atoms with van der Waals surface area (Å²) >= 11 is 0. The van der Waals surface area contributed by atoms with E-state index in [-0.39, 0.29) is 18.8 Å². The first kappa shape index (κ1) is 9.67. The maximum absolute atomic E-state index is 11.4. The summed E-state index contributed by atoms with van der Waals surface area (Å²) in [4.78, 5) is 17.9. The van der Waals surface area contributed by atoms with Gasteiger partial charge in [-0.1, -0.05) is 0 Å². The Bertz CT molecular complexity index is 521. The van der Waals surface area contributed by atoms with Crippen molar-refractivity contribution in [3.8, 4) is 5.75 Å². The molecule has 2 rings (SSSR count). The van der Waals surface area contributed by atoms with Gasteiger partial charge in [0.05, 0.1) is 23.8 Å². The van der Waals surface area contributed by atoms with Crippen LogP contribution in [0.1, 0.15) is 0 Å². The van der Waals surface area contributed by atoms with Gasteiger partial charge in [-0.2, -0.15) is 0 Å². The van der Waals surface area contributed by atoms with Crippen LogP contribution in [0.5, 0.6) is 5.75 Å². The van der Waals surface area contributed by atoms with Crippen LogP contribution in [0.4, 0.5) is 0 Å². The van der Waals surface area contributed by atoms with Crippen LogP contribution in [0.15, 0.2) is 29.3 Å². The van der Waals surface area contributed by atoms with Gasteiger partial charge in [-0.25, -0.2) is 4.98 Å². The fourth-order valence-corrected chi connectivity index (χ4v) is 1.30. The lowest BCUT2D eigenvalue weighted by Crippen LogP contribution is -2.07. The van der Waals surface area contributed by atoms with Gasteiger partial charge in [0.15, 0.2) is 0 Å². The summed E-state index contributed by atoms with van der Waals surface area (Å²) in [6, 6.07) is 5.03. The number of fused-ring (bicyclic) bond motifs is 1. The standard InChI is InChI=1S/C10H10N2O3/c13-3-4-15-7-1-2-9-8(5-7)10(14)12-6-11-9/h1-2,5-6,13H,3-4H2,(H,11,12,14). The molecule has 0 saturated carbocycles. The summed E-state index contributed by atoms with van der Waals surface area (Å²) in [6.07, 6.45) is 1.36. The number of rotatable bonds is 3. The summed E-state index contributed by atoms with van der Waals surface area (Å²) in [5.41, 5.74) is 0.421. The van der Waals surface area contributed by atoms with E-state index in [1.165, 1.54) is 6.33 Å². The van der Waals surface area contributed by atoms with Gasteiger partial charge >= 0.3 is 0 Å². The molecule has 0 unspecified atom stereocenters. The van der Waals surface area contributed by atoms with Gasteiger partial charge in [0.2, 0.25) is 0 Å². The Morgan fingerprint density at radius 3 is 3.13 bits per heavy atom. The fraction of sp³-hybridized carbons (Fsp3) is 0.200. The zero-order valence-electron chi connectivity index (χ0n) is 7.93. The molecular formula is C10H10N2O3. The maximum Gasteiger partial charge on any atom is 0.258 e. The first-order valence-corrected chi connectivity index (χ1v) is 4.52. The third-order valence-electron chi connectivity index (χ3n) is 1.97. The lowest BCUT2D eigenvalue weighted by Gasteiger charge is -2.04. The highest BCUT2D eigenvalue weighted by Gasteiger charge is 2.01. The van der Waals surface area contributed by atoms with Crippen LogP contribution >= 0.6 is 0 Å². The number of aliphatic hydroxyl groups excluding tert-OH is 1. The van der Waals surface area contributed by atoms with Crippen LogP contribution in [-0.2, 0) is 0 Å². The second-order valence-electron chi connectivity index (χ2n) is 2.98. The molecule has 0 aliphatic heterocycles. The Morgan fingerprint density at radius 2 is 2.33 bits per heavy atom.